The number of β-amino-alcohol motifs (C(OH)–C–C–N with tert-alkyl or cyclic N) is 1. The van der Waals surface area contributed by atoms with Gasteiger partial charge in [-0.15, -0.1) is 0 Å². The van der Waals surface area contributed by atoms with E-state index in [-0.39, 0.29) is 19.8 Å². The molecule has 0 heterocycles. The lowest BCUT2D eigenvalue weighted by atomic mass is 9.82. The highest BCUT2D eigenvalue weighted by Gasteiger charge is 2.22. The van der Waals surface area contributed by atoms with Crippen LogP contribution in [0.3, 0.4) is 0 Å². The van der Waals surface area contributed by atoms with Crippen LogP contribution in [0.2, 0.25) is 0 Å². The monoisotopic (exact) mass is 459 g/mol. The largest absolute Gasteiger partial charge is 0.394 e. The molecule has 0 aliphatic carbocycles. The van der Waals surface area contributed by atoms with Gasteiger partial charge in [-0.3, -0.25) is 0 Å². The lowest BCUT2D eigenvalue weighted by Gasteiger charge is -2.27. The summed E-state index contributed by atoms with van der Waals surface area (Å²) in [5.41, 5.74) is -0.248. The van der Waals surface area contributed by atoms with E-state index in [9.17, 15) is 15.3 Å². The van der Waals surface area contributed by atoms with Crippen molar-refractivity contribution in [3.05, 3.63) is 0 Å². The van der Waals surface area contributed by atoms with Gasteiger partial charge in [0, 0.05) is 13.2 Å². The van der Waals surface area contributed by atoms with Crippen molar-refractivity contribution in [3.8, 4) is 0 Å². The van der Waals surface area contributed by atoms with Crippen molar-refractivity contribution in [1.82, 2.24) is 5.32 Å². The summed E-state index contributed by atoms with van der Waals surface area (Å²) in [5, 5.41) is 31.4. The van der Waals surface area contributed by atoms with Crippen LogP contribution in [0.25, 0.3) is 0 Å². The summed E-state index contributed by atoms with van der Waals surface area (Å²) in [6.07, 6.45) is 19.4. The zero-order valence-electron chi connectivity index (χ0n) is 22.0. The Kier molecular flexibility index (Phi) is 20.1. The standard InChI is InChI=1S/C27H57NO4/c1-5-6-7-8-12-15-18-26(2,3)19-16-13-10-9-11-14-17-20-32-22-25(31)21-28-27(4,23-29)24-30/h25,28-31H,5-24H2,1-4H3. The summed E-state index contributed by atoms with van der Waals surface area (Å²) >= 11 is 0. The second-order valence-corrected chi connectivity index (χ2v) is 10.9. The van der Waals surface area contributed by atoms with Crippen LogP contribution in [0.1, 0.15) is 124 Å². The fraction of sp³-hybridized carbons (Fsp3) is 1.00. The van der Waals surface area contributed by atoms with Crippen LogP contribution in [-0.4, -0.2) is 59.9 Å². The van der Waals surface area contributed by atoms with Gasteiger partial charge >= 0.3 is 0 Å². The van der Waals surface area contributed by atoms with E-state index in [1.807, 2.05) is 0 Å². The molecule has 1 atom stereocenters. The first-order valence-corrected chi connectivity index (χ1v) is 13.5. The Bertz CT molecular complexity index is 399. The molecule has 5 nitrogen and oxygen atoms in total. The maximum atomic E-state index is 9.92. The first-order valence-electron chi connectivity index (χ1n) is 13.5. The normalized spacial score (nSPS) is 13.6. The van der Waals surface area contributed by atoms with Gasteiger partial charge in [-0.25, -0.2) is 0 Å². The van der Waals surface area contributed by atoms with Gasteiger partial charge in [-0.2, -0.15) is 0 Å². The number of aliphatic hydroxyl groups excluding tert-OH is 3. The van der Waals surface area contributed by atoms with Crippen molar-refractivity contribution in [2.75, 3.05) is 33.0 Å². The van der Waals surface area contributed by atoms with Crippen LogP contribution in [0.4, 0.5) is 0 Å². The second kappa shape index (κ2) is 20.2. The smallest absolute Gasteiger partial charge is 0.0897 e. The van der Waals surface area contributed by atoms with E-state index >= 15 is 0 Å². The first kappa shape index (κ1) is 31.8. The van der Waals surface area contributed by atoms with Crippen molar-refractivity contribution >= 4 is 0 Å². The molecule has 4 N–H and O–H groups in total. The molecule has 0 saturated heterocycles. The van der Waals surface area contributed by atoms with Crippen molar-refractivity contribution < 1.29 is 20.1 Å². The maximum Gasteiger partial charge on any atom is 0.0897 e. The lowest BCUT2D eigenvalue weighted by molar-refractivity contribution is 0.0236. The Balaban J connectivity index is 3.46. The molecule has 0 bridgehead atoms. The molecule has 32 heavy (non-hydrogen) atoms. The zero-order valence-corrected chi connectivity index (χ0v) is 22.0. The van der Waals surface area contributed by atoms with E-state index in [2.05, 4.69) is 26.1 Å². The molecule has 0 rings (SSSR count). The molecule has 0 aliphatic rings. The topological polar surface area (TPSA) is 82.0 Å². The number of aliphatic hydroxyl groups is 3. The predicted octanol–water partition coefficient (Wildman–Crippen LogP) is 5.59. The summed E-state index contributed by atoms with van der Waals surface area (Å²) in [6.45, 7) is 9.82. The average Bonchev–Trinajstić information content (AvgIpc) is 2.78. The third kappa shape index (κ3) is 19.3. The van der Waals surface area contributed by atoms with E-state index in [1.54, 1.807) is 6.92 Å². The number of nitrogens with one attached hydrogen (secondary N) is 1. The third-order valence-electron chi connectivity index (χ3n) is 6.62. The van der Waals surface area contributed by atoms with Gasteiger partial charge in [0.15, 0.2) is 0 Å². The number of hydrogen-bond acceptors (Lipinski definition) is 5. The second-order valence-electron chi connectivity index (χ2n) is 10.9. The van der Waals surface area contributed by atoms with Gasteiger partial charge < -0.3 is 25.4 Å². The molecule has 5 heteroatoms. The first-order chi connectivity index (χ1) is 15.3. The lowest BCUT2D eigenvalue weighted by Crippen LogP contribution is -2.52. The number of ether oxygens (including phenoxy) is 1. The van der Waals surface area contributed by atoms with Crippen molar-refractivity contribution in [3.63, 3.8) is 0 Å². The van der Waals surface area contributed by atoms with E-state index in [1.165, 1.54) is 89.9 Å². The molecule has 0 saturated carbocycles. The van der Waals surface area contributed by atoms with Gasteiger partial charge in [0.1, 0.15) is 0 Å². The third-order valence-corrected chi connectivity index (χ3v) is 6.62. The highest BCUT2D eigenvalue weighted by Crippen LogP contribution is 2.30. The Morgan fingerprint density at radius 2 is 1.19 bits per heavy atom. The molecule has 0 amide bonds. The number of unbranched alkanes of at least 4 members (excludes halogenated alkanes) is 11. The minimum Gasteiger partial charge on any atom is -0.394 e. The van der Waals surface area contributed by atoms with Gasteiger partial charge in [0.25, 0.3) is 0 Å². The highest BCUT2D eigenvalue weighted by atomic mass is 16.5. The molecule has 0 aromatic heterocycles. The van der Waals surface area contributed by atoms with Gasteiger partial charge in [-0.05, 0) is 31.6 Å². The van der Waals surface area contributed by atoms with Crippen LogP contribution >= 0.6 is 0 Å². The Morgan fingerprint density at radius 3 is 1.69 bits per heavy atom. The van der Waals surface area contributed by atoms with E-state index in [4.69, 9.17) is 4.74 Å². The molecule has 194 valence electrons. The Labute approximate surface area is 199 Å². The molecule has 1 unspecified atom stereocenters. The van der Waals surface area contributed by atoms with E-state index in [0.29, 0.717) is 18.6 Å². The fourth-order valence-corrected chi connectivity index (χ4v) is 4.00. The molecular formula is C27H57NO4. The van der Waals surface area contributed by atoms with Crippen LogP contribution in [0, 0.1) is 5.41 Å². The van der Waals surface area contributed by atoms with Crippen molar-refractivity contribution in [2.24, 2.45) is 5.41 Å². The van der Waals surface area contributed by atoms with Crippen LogP contribution in [0.15, 0.2) is 0 Å². The summed E-state index contributed by atoms with van der Waals surface area (Å²) in [7, 11) is 0. The molecule has 0 radical (unpaired) electrons. The molecular weight excluding hydrogens is 402 g/mol. The predicted molar refractivity (Wildman–Crippen MR) is 136 cm³/mol. The molecule has 0 spiro atoms. The minimum atomic E-state index is -0.759. The van der Waals surface area contributed by atoms with Crippen molar-refractivity contribution in [2.45, 2.75) is 136 Å². The summed E-state index contributed by atoms with van der Waals surface area (Å²) < 4.78 is 5.55. The minimum absolute atomic E-state index is 0.173. The van der Waals surface area contributed by atoms with Crippen LogP contribution < -0.4 is 5.32 Å². The molecule has 0 aromatic rings. The summed E-state index contributed by atoms with van der Waals surface area (Å²) in [5.74, 6) is 0. The molecule has 0 aromatic carbocycles. The highest BCUT2D eigenvalue weighted by molar-refractivity contribution is 4.82. The number of rotatable bonds is 24. The number of hydrogen-bond donors (Lipinski definition) is 4. The molecule has 0 aliphatic heterocycles. The quantitative estimate of drug-likeness (QED) is 0.141. The van der Waals surface area contributed by atoms with E-state index < -0.39 is 11.6 Å². The van der Waals surface area contributed by atoms with Crippen LogP contribution in [-0.2, 0) is 4.74 Å². The average molecular weight is 460 g/mol. The van der Waals surface area contributed by atoms with Gasteiger partial charge in [0.2, 0.25) is 0 Å². The maximum absolute atomic E-state index is 9.92. The Hall–Kier alpha value is -0.200. The van der Waals surface area contributed by atoms with E-state index in [0.717, 1.165) is 6.42 Å². The zero-order chi connectivity index (χ0) is 24.1. The van der Waals surface area contributed by atoms with Crippen molar-refractivity contribution in [1.29, 1.82) is 0 Å². The fourth-order valence-electron chi connectivity index (χ4n) is 4.00. The van der Waals surface area contributed by atoms with Gasteiger partial charge in [-0.1, -0.05) is 97.8 Å². The van der Waals surface area contributed by atoms with Gasteiger partial charge in [0.05, 0.1) is 31.5 Å². The summed E-state index contributed by atoms with van der Waals surface area (Å²) in [6, 6.07) is 0. The SMILES string of the molecule is CCCCCCCCC(C)(C)CCCCCCCCCOCC(O)CNC(C)(CO)CO. The Morgan fingerprint density at radius 1 is 0.719 bits per heavy atom. The molecule has 0 fully saturated rings. The summed E-state index contributed by atoms with van der Waals surface area (Å²) in [4.78, 5) is 0. The van der Waals surface area contributed by atoms with Crippen LogP contribution in [0.5, 0.6) is 0 Å².